The molecule has 2 rings (SSSR count). The van der Waals surface area contributed by atoms with Crippen LogP contribution in [0.25, 0.3) is 0 Å². The van der Waals surface area contributed by atoms with E-state index in [9.17, 15) is 14.4 Å². The van der Waals surface area contributed by atoms with Gasteiger partial charge in [-0.15, -0.1) is 0 Å². The number of nitrogens with one attached hydrogen (secondary N) is 1. The molecule has 0 spiro atoms. The number of rotatable bonds is 7. The maximum atomic E-state index is 12.3. The summed E-state index contributed by atoms with van der Waals surface area (Å²) in [5, 5.41) is 15.3. The molecule has 8 nitrogen and oxygen atoms in total. The van der Waals surface area contributed by atoms with E-state index in [1.54, 1.807) is 29.0 Å². The van der Waals surface area contributed by atoms with E-state index in [4.69, 9.17) is 5.11 Å². The number of aromatic nitrogens is 2. The number of aryl methyl sites for hydroxylation is 1. The number of hydrogen-bond acceptors (Lipinski definition) is 4. The number of hydrogen-bond donors (Lipinski definition) is 2. The van der Waals surface area contributed by atoms with Crippen LogP contribution in [0.1, 0.15) is 32.1 Å². The maximum absolute atomic E-state index is 12.3. The molecule has 0 aromatic carbocycles. The molecule has 1 aromatic heterocycles. The number of carbonyl (C=O) groups is 3. The minimum atomic E-state index is -0.863. The molecule has 2 heterocycles. The summed E-state index contributed by atoms with van der Waals surface area (Å²) >= 11 is 0. The molecular formula is C14H20N4O4. The Bertz CT molecular complexity index is 569. The van der Waals surface area contributed by atoms with Gasteiger partial charge in [-0.05, 0) is 19.3 Å². The second kappa shape index (κ2) is 7.06. The van der Waals surface area contributed by atoms with Gasteiger partial charge in [0.2, 0.25) is 11.8 Å². The van der Waals surface area contributed by atoms with Crippen LogP contribution in [0.15, 0.2) is 12.4 Å². The third-order valence-electron chi connectivity index (χ3n) is 3.59. The van der Waals surface area contributed by atoms with E-state index in [2.05, 4.69) is 10.4 Å². The zero-order valence-corrected chi connectivity index (χ0v) is 12.5. The molecule has 2 amide bonds. The highest BCUT2D eigenvalue weighted by atomic mass is 16.4. The Labute approximate surface area is 128 Å². The number of unbranched alkanes of at least 4 members (excludes halogenated alkanes) is 1. The van der Waals surface area contributed by atoms with Crippen LogP contribution in [0.4, 0.5) is 5.69 Å². The minimum absolute atomic E-state index is 0.0599. The lowest BCUT2D eigenvalue weighted by molar-refractivity contribution is -0.137. The molecule has 1 unspecified atom stereocenters. The Morgan fingerprint density at radius 1 is 1.41 bits per heavy atom. The molecule has 0 saturated carbocycles. The first kappa shape index (κ1) is 16.0. The molecule has 0 bridgehead atoms. The smallest absolute Gasteiger partial charge is 0.303 e. The summed E-state index contributed by atoms with van der Waals surface area (Å²) in [6, 6.07) is -0.507. The molecule has 120 valence electrons. The topological polar surface area (TPSA) is 105 Å². The van der Waals surface area contributed by atoms with Gasteiger partial charge >= 0.3 is 5.97 Å². The van der Waals surface area contributed by atoms with E-state index < -0.39 is 12.0 Å². The molecule has 0 radical (unpaired) electrons. The number of carboxylic acids is 1. The first-order chi connectivity index (χ1) is 10.5. The van der Waals surface area contributed by atoms with E-state index in [-0.39, 0.29) is 24.7 Å². The standard InChI is InChI=1S/C14H20N4O4/c1-17-9-10(8-15-17)18-7-6-11(14(18)22)16-12(19)4-2-3-5-13(20)21/h8-9,11H,2-7H2,1H3,(H,16,19)(H,20,21). The number of carboxylic acid groups (broad SMARTS) is 1. The zero-order valence-electron chi connectivity index (χ0n) is 12.5. The van der Waals surface area contributed by atoms with Gasteiger partial charge in [0.05, 0.1) is 11.9 Å². The van der Waals surface area contributed by atoms with Crippen molar-refractivity contribution < 1.29 is 19.5 Å². The van der Waals surface area contributed by atoms with Crippen LogP contribution >= 0.6 is 0 Å². The predicted molar refractivity (Wildman–Crippen MR) is 78.2 cm³/mol. The number of nitrogens with zero attached hydrogens (tertiary/aromatic N) is 3. The van der Waals surface area contributed by atoms with Crippen molar-refractivity contribution in [2.75, 3.05) is 11.4 Å². The second-order valence-electron chi connectivity index (χ2n) is 5.37. The van der Waals surface area contributed by atoms with Gasteiger partial charge in [-0.25, -0.2) is 0 Å². The van der Waals surface area contributed by atoms with Gasteiger partial charge < -0.3 is 15.3 Å². The van der Waals surface area contributed by atoms with E-state index in [0.29, 0.717) is 25.8 Å². The molecule has 1 aromatic rings. The highest BCUT2D eigenvalue weighted by molar-refractivity contribution is 6.01. The molecular weight excluding hydrogens is 288 g/mol. The normalized spacial score (nSPS) is 17.8. The molecule has 1 fully saturated rings. The Morgan fingerprint density at radius 2 is 2.14 bits per heavy atom. The molecule has 2 N–H and O–H groups in total. The first-order valence-electron chi connectivity index (χ1n) is 7.28. The van der Waals surface area contributed by atoms with Crippen LogP contribution in [-0.4, -0.2) is 45.3 Å². The lowest BCUT2D eigenvalue weighted by Crippen LogP contribution is -2.41. The summed E-state index contributed by atoms with van der Waals surface area (Å²) in [7, 11) is 1.78. The molecule has 1 aliphatic heterocycles. The minimum Gasteiger partial charge on any atom is -0.481 e. The summed E-state index contributed by atoms with van der Waals surface area (Å²) in [6.45, 7) is 0.550. The Kier molecular flexibility index (Phi) is 5.13. The Morgan fingerprint density at radius 3 is 2.77 bits per heavy atom. The average molecular weight is 308 g/mol. The zero-order chi connectivity index (χ0) is 16.1. The van der Waals surface area contributed by atoms with Crippen LogP contribution in [0.3, 0.4) is 0 Å². The fraction of sp³-hybridized carbons (Fsp3) is 0.571. The second-order valence-corrected chi connectivity index (χ2v) is 5.37. The van der Waals surface area contributed by atoms with Crippen LogP contribution in [0.2, 0.25) is 0 Å². The average Bonchev–Trinajstić information content (AvgIpc) is 3.02. The fourth-order valence-corrected chi connectivity index (χ4v) is 2.45. The van der Waals surface area contributed by atoms with Crippen molar-refractivity contribution in [1.29, 1.82) is 0 Å². The van der Waals surface area contributed by atoms with Crippen molar-refractivity contribution in [3.63, 3.8) is 0 Å². The van der Waals surface area contributed by atoms with Crippen molar-refractivity contribution in [3.05, 3.63) is 12.4 Å². The molecule has 1 aliphatic rings. The molecule has 22 heavy (non-hydrogen) atoms. The summed E-state index contributed by atoms with van der Waals surface area (Å²) in [4.78, 5) is 36.1. The van der Waals surface area contributed by atoms with E-state index >= 15 is 0 Å². The van der Waals surface area contributed by atoms with Gasteiger partial charge in [-0.1, -0.05) is 0 Å². The Balaban J connectivity index is 1.78. The van der Waals surface area contributed by atoms with Crippen molar-refractivity contribution in [2.24, 2.45) is 7.05 Å². The number of amides is 2. The molecule has 1 saturated heterocycles. The van der Waals surface area contributed by atoms with Crippen LogP contribution < -0.4 is 10.2 Å². The largest absolute Gasteiger partial charge is 0.481 e. The van der Waals surface area contributed by atoms with Gasteiger partial charge in [0.15, 0.2) is 0 Å². The summed E-state index contributed by atoms with van der Waals surface area (Å²) in [5.41, 5.74) is 0.728. The fourth-order valence-electron chi connectivity index (χ4n) is 2.45. The lowest BCUT2D eigenvalue weighted by atomic mass is 10.1. The van der Waals surface area contributed by atoms with Gasteiger partial charge in [0.1, 0.15) is 6.04 Å². The molecule has 8 heteroatoms. The van der Waals surface area contributed by atoms with Gasteiger partial charge in [0.25, 0.3) is 0 Å². The van der Waals surface area contributed by atoms with E-state index in [0.717, 1.165) is 5.69 Å². The molecule has 1 atom stereocenters. The third kappa shape index (κ3) is 4.06. The quantitative estimate of drug-likeness (QED) is 0.704. The number of carbonyl (C=O) groups excluding carboxylic acids is 2. The maximum Gasteiger partial charge on any atom is 0.303 e. The predicted octanol–water partition coefficient (Wildman–Crippen LogP) is 0.287. The third-order valence-corrected chi connectivity index (χ3v) is 3.59. The summed E-state index contributed by atoms with van der Waals surface area (Å²) in [5.74, 6) is -1.21. The highest BCUT2D eigenvalue weighted by Gasteiger charge is 2.33. The summed E-state index contributed by atoms with van der Waals surface area (Å²) in [6.07, 6.45) is 5.21. The van der Waals surface area contributed by atoms with Crippen molar-refractivity contribution in [3.8, 4) is 0 Å². The van der Waals surface area contributed by atoms with Crippen molar-refractivity contribution in [2.45, 2.75) is 38.1 Å². The highest BCUT2D eigenvalue weighted by Crippen LogP contribution is 2.20. The van der Waals surface area contributed by atoms with E-state index in [1.165, 1.54) is 0 Å². The van der Waals surface area contributed by atoms with Crippen molar-refractivity contribution in [1.82, 2.24) is 15.1 Å². The van der Waals surface area contributed by atoms with Crippen molar-refractivity contribution >= 4 is 23.5 Å². The van der Waals surface area contributed by atoms with E-state index in [1.807, 2.05) is 0 Å². The monoisotopic (exact) mass is 308 g/mol. The van der Waals surface area contributed by atoms with Gasteiger partial charge in [-0.2, -0.15) is 5.10 Å². The van der Waals surface area contributed by atoms with Gasteiger partial charge in [0, 0.05) is 32.6 Å². The van der Waals surface area contributed by atoms with Gasteiger partial charge in [-0.3, -0.25) is 19.1 Å². The SMILES string of the molecule is Cn1cc(N2CCC(NC(=O)CCCCC(=O)O)C2=O)cn1. The Hall–Kier alpha value is -2.38. The molecule has 0 aliphatic carbocycles. The summed E-state index contributed by atoms with van der Waals surface area (Å²) < 4.78 is 1.62. The first-order valence-corrected chi connectivity index (χ1v) is 7.28. The van der Waals surface area contributed by atoms with Crippen LogP contribution in [-0.2, 0) is 21.4 Å². The number of aliphatic carboxylic acids is 1. The van der Waals surface area contributed by atoms with Crippen LogP contribution in [0.5, 0.6) is 0 Å². The lowest BCUT2D eigenvalue weighted by Gasteiger charge is -2.15. The van der Waals surface area contributed by atoms with Crippen LogP contribution in [0, 0.1) is 0 Å². The number of anilines is 1.